The molecule has 1 heterocycles. The highest BCUT2D eigenvalue weighted by Gasteiger charge is 2.43. The number of nitrogens with one attached hydrogen (secondary N) is 1. The number of amides is 1. The fourth-order valence-electron chi connectivity index (χ4n) is 2.52. The maximum Gasteiger partial charge on any atom is 0.220 e. The van der Waals surface area contributed by atoms with Crippen molar-refractivity contribution in [1.82, 2.24) is 10.3 Å². The maximum absolute atomic E-state index is 11.9. The van der Waals surface area contributed by atoms with Crippen LogP contribution in [0.1, 0.15) is 30.5 Å². The first-order valence-electron chi connectivity index (χ1n) is 7.49. The van der Waals surface area contributed by atoms with Gasteiger partial charge in [-0.25, -0.2) is 4.98 Å². The van der Waals surface area contributed by atoms with E-state index in [0.29, 0.717) is 13.0 Å². The zero-order valence-corrected chi connectivity index (χ0v) is 13.4. The predicted molar refractivity (Wildman–Crippen MR) is 87.5 cm³/mol. The number of aromatic nitrogens is 1. The van der Waals surface area contributed by atoms with Gasteiger partial charge in [0, 0.05) is 25.0 Å². The zero-order valence-electron chi connectivity index (χ0n) is 12.6. The summed E-state index contributed by atoms with van der Waals surface area (Å²) in [5.41, 5.74) is 5.01. The first-order chi connectivity index (χ1) is 10.6. The molecule has 116 valence electrons. The third kappa shape index (κ3) is 3.36. The minimum Gasteiger partial charge on any atom is -0.396 e. The van der Waals surface area contributed by atoms with E-state index in [-0.39, 0.29) is 17.9 Å². The Labute approximate surface area is 134 Å². The lowest BCUT2D eigenvalue weighted by Crippen LogP contribution is -2.26. The van der Waals surface area contributed by atoms with Crippen molar-refractivity contribution in [2.24, 2.45) is 5.41 Å². The van der Waals surface area contributed by atoms with Crippen molar-refractivity contribution in [2.75, 3.05) is 6.61 Å². The summed E-state index contributed by atoms with van der Waals surface area (Å²) in [6.07, 6.45) is 2.35. The van der Waals surface area contributed by atoms with Gasteiger partial charge in [-0.15, -0.1) is 11.3 Å². The number of hydrogen-bond acceptors (Lipinski definition) is 4. The second-order valence-electron chi connectivity index (χ2n) is 6.08. The molecule has 2 aromatic rings. The van der Waals surface area contributed by atoms with E-state index in [9.17, 15) is 9.90 Å². The molecule has 0 aliphatic heterocycles. The second kappa shape index (κ2) is 6.18. The Balaban J connectivity index is 1.55. The van der Waals surface area contributed by atoms with Crippen LogP contribution in [0.5, 0.6) is 0 Å². The van der Waals surface area contributed by atoms with E-state index in [1.54, 1.807) is 11.3 Å². The van der Waals surface area contributed by atoms with Crippen LogP contribution in [0.3, 0.4) is 0 Å². The van der Waals surface area contributed by atoms with Gasteiger partial charge in [-0.3, -0.25) is 4.79 Å². The van der Waals surface area contributed by atoms with E-state index in [1.165, 1.54) is 4.88 Å². The molecule has 0 bridgehead atoms. The van der Waals surface area contributed by atoms with Crippen LogP contribution in [0.4, 0.5) is 0 Å². The summed E-state index contributed by atoms with van der Waals surface area (Å²) in [7, 11) is 0. The van der Waals surface area contributed by atoms with Crippen LogP contribution >= 0.6 is 11.3 Å². The summed E-state index contributed by atoms with van der Waals surface area (Å²) in [5.74, 6) is 0.0222. The van der Waals surface area contributed by atoms with Gasteiger partial charge >= 0.3 is 0 Å². The molecular weight excluding hydrogens is 296 g/mol. The van der Waals surface area contributed by atoms with Crippen LogP contribution in [0.25, 0.3) is 10.4 Å². The topological polar surface area (TPSA) is 62.2 Å². The Morgan fingerprint density at radius 3 is 2.64 bits per heavy atom. The van der Waals surface area contributed by atoms with Crippen LogP contribution in [0, 0.1) is 12.3 Å². The van der Waals surface area contributed by atoms with Crippen molar-refractivity contribution in [3.63, 3.8) is 0 Å². The SMILES string of the molecule is Cc1ncsc1-c1ccc(CNC(=O)CC2(CO)CC2)cc1. The Morgan fingerprint density at radius 2 is 2.09 bits per heavy atom. The normalized spacial score (nSPS) is 15.5. The van der Waals surface area contributed by atoms with Gasteiger partial charge in [0.15, 0.2) is 0 Å². The van der Waals surface area contributed by atoms with Crippen molar-refractivity contribution in [1.29, 1.82) is 0 Å². The summed E-state index contributed by atoms with van der Waals surface area (Å²) in [6.45, 7) is 2.65. The van der Waals surface area contributed by atoms with E-state index in [2.05, 4.69) is 22.4 Å². The Kier molecular flexibility index (Phi) is 4.27. The van der Waals surface area contributed by atoms with Gasteiger partial charge in [0.05, 0.1) is 16.1 Å². The first-order valence-corrected chi connectivity index (χ1v) is 8.37. The smallest absolute Gasteiger partial charge is 0.220 e. The molecule has 1 saturated carbocycles. The third-order valence-electron chi connectivity index (χ3n) is 4.28. The quantitative estimate of drug-likeness (QED) is 0.861. The van der Waals surface area contributed by atoms with Crippen molar-refractivity contribution in [2.45, 2.75) is 32.7 Å². The monoisotopic (exact) mass is 316 g/mol. The molecule has 1 amide bonds. The third-order valence-corrected chi connectivity index (χ3v) is 5.26. The van der Waals surface area contributed by atoms with Crippen molar-refractivity contribution >= 4 is 17.2 Å². The molecule has 0 spiro atoms. The highest BCUT2D eigenvalue weighted by Crippen LogP contribution is 2.48. The number of carbonyl (C=O) groups excluding carboxylic acids is 1. The van der Waals surface area contributed by atoms with E-state index < -0.39 is 0 Å². The molecule has 1 aliphatic carbocycles. The molecule has 1 aromatic carbocycles. The van der Waals surface area contributed by atoms with E-state index in [1.807, 2.05) is 24.6 Å². The van der Waals surface area contributed by atoms with E-state index in [0.717, 1.165) is 29.7 Å². The average Bonchev–Trinajstić information content (AvgIpc) is 3.17. The summed E-state index contributed by atoms with van der Waals surface area (Å²) in [5, 5.41) is 12.2. The van der Waals surface area contributed by atoms with Crippen LogP contribution in [-0.2, 0) is 11.3 Å². The number of thiazole rings is 1. The molecule has 0 unspecified atom stereocenters. The van der Waals surface area contributed by atoms with Crippen molar-refractivity contribution in [3.8, 4) is 10.4 Å². The number of carbonyl (C=O) groups is 1. The van der Waals surface area contributed by atoms with Crippen LogP contribution in [0.2, 0.25) is 0 Å². The predicted octanol–water partition coefficient (Wildman–Crippen LogP) is 2.90. The van der Waals surface area contributed by atoms with Crippen LogP contribution in [0.15, 0.2) is 29.8 Å². The molecule has 22 heavy (non-hydrogen) atoms. The summed E-state index contributed by atoms with van der Waals surface area (Å²) >= 11 is 1.64. The largest absolute Gasteiger partial charge is 0.396 e. The molecule has 0 radical (unpaired) electrons. The van der Waals surface area contributed by atoms with Gasteiger partial charge in [-0.05, 0) is 30.9 Å². The molecule has 4 nitrogen and oxygen atoms in total. The van der Waals surface area contributed by atoms with Crippen LogP contribution in [-0.4, -0.2) is 22.6 Å². The number of aliphatic hydroxyl groups excluding tert-OH is 1. The highest BCUT2D eigenvalue weighted by molar-refractivity contribution is 7.13. The number of aliphatic hydroxyl groups is 1. The lowest BCUT2D eigenvalue weighted by Gasteiger charge is -2.11. The van der Waals surface area contributed by atoms with Gasteiger partial charge in [0.2, 0.25) is 5.91 Å². The molecular formula is C17H20N2O2S. The Bertz CT molecular complexity index is 660. The molecule has 5 heteroatoms. The Morgan fingerprint density at radius 1 is 1.36 bits per heavy atom. The fraction of sp³-hybridized carbons (Fsp3) is 0.412. The lowest BCUT2D eigenvalue weighted by atomic mass is 10.0. The highest BCUT2D eigenvalue weighted by atomic mass is 32.1. The van der Waals surface area contributed by atoms with E-state index >= 15 is 0 Å². The zero-order chi connectivity index (χ0) is 15.6. The number of hydrogen-bond donors (Lipinski definition) is 2. The molecule has 1 fully saturated rings. The molecule has 3 rings (SSSR count). The average molecular weight is 316 g/mol. The standard InChI is InChI=1S/C17H20N2O2S/c1-12-16(22-11-19-12)14-4-2-13(3-5-14)9-18-15(21)8-17(10-20)6-7-17/h2-5,11,20H,6-10H2,1H3,(H,18,21). The lowest BCUT2D eigenvalue weighted by molar-refractivity contribution is -0.122. The summed E-state index contributed by atoms with van der Waals surface area (Å²) < 4.78 is 0. The van der Waals surface area contributed by atoms with Gasteiger partial charge in [0.25, 0.3) is 0 Å². The summed E-state index contributed by atoms with van der Waals surface area (Å²) in [4.78, 5) is 17.4. The Hall–Kier alpha value is -1.72. The van der Waals surface area contributed by atoms with Gasteiger partial charge in [-0.2, -0.15) is 0 Å². The molecule has 0 atom stereocenters. The number of nitrogens with zero attached hydrogens (tertiary/aromatic N) is 1. The maximum atomic E-state index is 11.9. The first kappa shape index (κ1) is 15.2. The van der Waals surface area contributed by atoms with Gasteiger partial charge in [0.1, 0.15) is 0 Å². The fourth-order valence-corrected chi connectivity index (χ4v) is 3.34. The van der Waals surface area contributed by atoms with Crippen LogP contribution < -0.4 is 5.32 Å². The van der Waals surface area contributed by atoms with Crippen molar-refractivity contribution in [3.05, 3.63) is 41.0 Å². The number of rotatable bonds is 6. The number of benzene rings is 1. The van der Waals surface area contributed by atoms with Gasteiger partial charge < -0.3 is 10.4 Å². The number of aryl methyl sites for hydroxylation is 1. The van der Waals surface area contributed by atoms with E-state index in [4.69, 9.17) is 0 Å². The second-order valence-corrected chi connectivity index (χ2v) is 6.93. The molecule has 2 N–H and O–H groups in total. The van der Waals surface area contributed by atoms with Crippen molar-refractivity contribution < 1.29 is 9.90 Å². The minimum absolute atomic E-state index is 0.0222. The molecule has 1 aromatic heterocycles. The molecule has 1 aliphatic rings. The minimum atomic E-state index is -0.127. The molecule has 0 saturated heterocycles. The summed E-state index contributed by atoms with van der Waals surface area (Å²) in [6, 6.07) is 8.21. The van der Waals surface area contributed by atoms with Gasteiger partial charge in [-0.1, -0.05) is 24.3 Å².